The minimum Gasteiger partial charge on any atom is -0.349 e. The van der Waals surface area contributed by atoms with Gasteiger partial charge in [0.25, 0.3) is 0 Å². The molecule has 2 unspecified atom stereocenters. The lowest BCUT2D eigenvalue weighted by Gasteiger charge is -2.13. The maximum atomic E-state index is 12.0. The van der Waals surface area contributed by atoms with Crippen LogP contribution in [0.1, 0.15) is 30.7 Å². The molecule has 0 saturated heterocycles. The summed E-state index contributed by atoms with van der Waals surface area (Å²) in [7, 11) is 0. The summed E-state index contributed by atoms with van der Waals surface area (Å²) in [5.41, 5.74) is 1.21. The molecular formula is C14H16ClNO. The number of hydrogen-bond acceptors (Lipinski definition) is 1. The molecule has 0 spiro atoms. The molecule has 0 aliphatic heterocycles. The van der Waals surface area contributed by atoms with Crippen LogP contribution in [0.2, 0.25) is 0 Å². The molecule has 17 heavy (non-hydrogen) atoms. The van der Waals surface area contributed by atoms with E-state index in [0.29, 0.717) is 11.8 Å². The van der Waals surface area contributed by atoms with Crippen LogP contribution in [0, 0.1) is 5.92 Å². The predicted octanol–water partition coefficient (Wildman–Crippen LogP) is 2.68. The molecule has 2 nitrogen and oxygen atoms in total. The molecule has 2 aliphatic carbocycles. The second-order valence-corrected chi connectivity index (χ2v) is 5.53. The van der Waals surface area contributed by atoms with Gasteiger partial charge in [0.05, 0.1) is 5.54 Å². The van der Waals surface area contributed by atoms with Gasteiger partial charge in [-0.15, -0.1) is 11.6 Å². The van der Waals surface area contributed by atoms with Gasteiger partial charge in [-0.3, -0.25) is 4.79 Å². The topological polar surface area (TPSA) is 29.1 Å². The standard InChI is InChI=1S/C14H16ClNO/c15-9-14(6-7-14)16-13(17)12-8-11(12)10-4-2-1-3-5-10/h1-5,11-12H,6-9H2,(H,16,17). The Hall–Kier alpha value is -1.02. The van der Waals surface area contributed by atoms with E-state index in [1.165, 1.54) is 5.56 Å². The van der Waals surface area contributed by atoms with E-state index in [4.69, 9.17) is 11.6 Å². The van der Waals surface area contributed by atoms with E-state index in [2.05, 4.69) is 17.4 Å². The molecule has 3 heteroatoms. The molecule has 2 fully saturated rings. The minimum atomic E-state index is -0.0670. The largest absolute Gasteiger partial charge is 0.349 e. The number of alkyl halides is 1. The van der Waals surface area contributed by atoms with Crippen molar-refractivity contribution in [3.05, 3.63) is 35.9 Å². The lowest BCUT2D eigenvalue weighted by Crippen LogP contribution is -2.39. The van der Waals surface area contributed by atoms with Gasteiger partial charge in [-0.25, -0.2) is 0 Å². The predicted molar refractivity (Wildman–Crippen MR) is 68.1 cm³/mol. The van der Waals surface area contributed by atoms with Crippen LogP contribution in [0.4, 0.5) is 0 Å². The summed E-state index contributed by atoms with van der Waals surface area (Å²) in [6.07, 6.45) is 3.05. The van der Waals surface area contributed by atoms with Gasteiger partial charge >= 0.3 is 0 Å². The Morgan fingerprint density at radius 2 is 2.06 bits per heavy atom. The Bertz CT molecular complexity index is 427. The van der Waals surface area contributed by atoms with Crippen LogP contribution in [0.5, 0.6) is 0 Å². The van der Waals surface area contributed by atoms with E-state index >= 15 is 0 Å². The van der Waals surface area contributed by atoms with Crippen molar-refractivity contribution in [2.75, 3.05) is 5.88 Å². The first-order valence-corrected chi connectivity index (χ1v) is 6.70. The van der Waals surface area contributed by atoms with Crippen molar-refractivity contribution in [3.63, 3.8) is 0 Å². The fourth-order valence-electron chi connectivity index (χ4n) is 2.35. The molecule has 1 aromatic rings. The van der Waals surface area contributed by atoms with E-state index in [0.717, 1.165) is 19.3 Å². The number of carbonyl (C=O) groups excluding carboxylic acids is 1. The zero-order valence-corrected chi connectivity index (χ0v) is 10.4. The van der Waals surface area contributed by atoms with Crippen LogP contribution in [-0.4, -0.2) is 17.3 Å². The van der Waals surface area contributed by atoms with Gasteiger partial charge in [0.1, 0.15) is 0 Å². The molecule has 1 amide bonds. The number of carbonyl (C=O) groups is 1. The van der Waals surface area contributed by atoms with Gasteiger partial charge < -0.3 is 5.32 Å². The molecule has 2 saturated carbocycles. The molecule has 3 rings (SSSR count). The fourth-order valence-corrected chi connectivity index (χ4v) is 2.68. The fraction of sp³-hybridized carbons (Fsp3) is 0.500. The highest BCUT2D eigenvalue weighted by molar-refractivity contribution is 6.19. The Morgan fingerprint density at radius 3 is 2.65 bits per heavy atom. The molecule has 1 aromatic carbocycles. The average molecular weight is 250 g/mol. The highest BCUT2D eigenvalue weighted by Gasteiger charge is 2.49. The third kappa shape index (κ3) is 2.19. The SMILES string of the molecule is O=C(NC1(CCl)CC1)C1CC1c1ccccc1. The average Bonchev–Trinajstić information content (AvgIpc) is 3.25. The van der Waals surface area contributed by atoms with E-state index in [1.54, 1.807) is 0 Å². The van der Waals surface area contributed by atoms with Gasteiger partial charge in [-0.2, -0.15) is 0 Å². The number of hydrogen-bond donors (Lipinski definition) is 1. The van der Waals surface area contributed by atoms with Gasteiger partial charge in [-0.1, -0.05) is 30.3 Å². The molecule has 0 heterocycles. The maximum absolute atomic E-state index is 12.0. The highest BCUT2D eigenvalue weighted by atomic mass is 35.5. The quantitative estimate of drug-likeness (QED) is 0.817. The van der Waals surface area contributed by atoms with Crippen molar-refractivity contribution in [2.24, 2.45) is 5.92 Å². The van der Waals surface area contributed by atoms with Gasteiger partial charge in [-0.05, 0) is 30.7 Å². The van der Waals surface area contributed by atoms with Crippen LogP contribution in [-0.2, 0) is 4.79 Å². The van der Waals surface area contributed by atoms with Crippen LogP contribution in [0.3, 0.4) is 0 Å². The van der Waals surface area contributed by atoms with Crippen LogP contribution in [0.15, 0.2) is 30.3 Å². The normalized spacial score (nSPS) is 28.5. The first kappa shape index (κ1) is 11.1. The summed E-state index contributed by atoms with van der Waals surface area (Å²) < 4.78 is 0. The van der Waals surface area contributed by atoms with Crippen molar-refractivity contribution in [3.8, 4) is 0 Å². The Labute approximate surface area is 106 Å². The molecule has 2 atom stereocenters. The lowest BCUT2D eigenvalue weighted by molar-refractivity contribution is -0.123. The van der Waals surface area contributed by atoms with Crippen LogP contribution < -0.4 is 5.32 Å². The van der Waals surface area contributed by atoms with E-state index in [-0.39, 0.29) is 17.4 Å². The second-order valence-electron chi connectivity index (χ2n) is 5.26. The van der Waals surface area contributed by atoms with Crippen molar-refractivity contribution >= 4 is 17.5 Å². The molecule has 0 aromatic heterocycles. The van der Waals surface area contributed by atoms with Gasteiger partial charge in [0, 0.05) is 11.8 Å². The lowest BCUT2D eigenvalue weighted by atomic mass is 10.1. The first-order chi connectivity index (χ1) is 8.24. The Balaban J connectivity index is 1.60. The van der Waals surface area contributed by atoms with E-state index in [1.807, 2.05) is 18.2 Å². The minimum absolute atomic E-state index is 0.0670. The third-order valence-corrected chi connectivity index (χ3v) is 4.36. The van der Waals surface area contributed by atoms with Crippen molar-refractivity contribution < 1.29 is 4.79 Å². The molecule has 90 valence electrons. The van der Waals surface area contributed by atoms with Gasteiger partial charge in [0.2, 0.25) is 5.91 Å². The monoisotopic (exact) mass is 249 g/mol. The van der Waals surface area contributed by atoms with Crippen molar-refractivity contribution in [2.45, 2.75) is 30.7 Å². The Morgan fingerprint density at radius 1 is 1.35 bits per heavy atom. The summed E-state index contributed by atoms with van der Waals surface area (Å²) in [5.74, 6) is 1.32. The van der Waals surface area contributed by atoms with Crippen molar-refractivity contribution in [1.82, 2.24) is 5.32 Å². The number of rotatable bonds is 4. The molecule has 2 aliphatic rings. The number of amides is 1. The summed E-state index contributed by atoms with van der Waals surface area (Å²) in [4.78, 5) is 12.0. The molecular weight excluding hydrogens is 234 g/mol. The Kier molecular flexibility index (Phi) is 2.62. The van der Waals surface area contributed by atoms with Crippen LogP contribution >= 0.6 is 11.6 Å². The summed E-state index contributed by atoms with van der Waals surface area (Å²) >= 11 is 5.86. The molecule has 1 N–H and O–H groups in total. The van der Waals surface area contributed by atoms with Crippen molar-refractivity contribution in [1.29, 1.82) is 0 Å². The first-order valence-electron chi connectivity index (χ1n) is 6.17. The zero-order valence-electron chi connectivity index (χ0n) is 9.66. The van der Waals surface area contributed by atoms with E-state index < -0.39 is 0 Å². The summed E-state index contributed by atoms with van der Waals surface area (Å²) in [5, 5.41) is 3.11. The zero-order chi connectivity index (χ0) is 11.9. The van der Waals surface area contributed by atoms with Crippen LogP contribution in [0.25, 0.3) is 0 Å². The highest BCUT2D eigenvalue weighted by Crippen LogP contribution is 2.48. The maximum Gasteiger partial charge on any atom is 0.224 e. The number of halogens is 1. The third-order valence-electron chi connectivity index (χ3n) is 3.85. The molecule has 0 bridgehead atoms. The van der Waals surface area contributed by atoms with Gasteiger partial charge in [0.15, 0.2) is 0 Å². The second kappa shape index (κ2) is 4.02. The summed E-state index contributed by atoms with van der Waals surface area (Å²) in [6, 6.07) is 10.3. The number of nitrogens with one attached hydrogen (secondary N) is 1. The smallest absolute Gasteiger partial charge is 0.224 e. The van der Waals surface area contributed by atoms with E-state index in [9.17, 15) is 4.79 Å². The number of benzene rings is 1. The summed E-state index contributed by atoms with van der Waals surface area (Å²) in [6.45, 7) is 0. The molecule has 0 radical (unpaired) electrons.